The first-order valence-corrected chi connectivity index (χ1v) is 9.92. The van der Waals surface area contributed by atoms with Crippen LogP contribution in [-0.2, 0) is 6.18 Å². The van der Waals surface area contributed by atoms with Gasteiger partial charge in [0.1, 0.15) is 0 Å². The number of likely N-dealkylation sites (N-methyl/N-ethyl adjacent to an activating group) is 1. The van der Waals surface area contributed by atoms with Crippen LogP contribution < -0.4 is 0 Å². The van der Waals surface area contributed by atoms with Gasteiger partial charge in [0.05, 0.1) is 5.56 Å². The fourth-order valence-corrected chi connectivity index (χ4v) is 3.65. The molecule has 0 bridgehead atoms. The Bertz CT molecular complexity index is 1300. The van der Waals surface area contributed by atoms with Crippen LogP contribution in [0.25, 0.3) is 10.8 Å². The van der Waals surface area contributed by atoms with E-state index in [1.165, 1.54) is 17.0 Å². The Hall–Kier alpha value is -3.63. The summed E-state index contributed by atoms with van der Waals surface area (Å²) in [6, 6.07) is 13.3. The molecule has 2 amide bonds. The Morgan fingerprint density at radius 1 is 0.875 bits per heavy atom. The lowest BCUT2D eigenvalue weighted by Crippen LogP contribution is -2.43. The first-order chi connectivity index (χ1) is 15.1. The molecule has 0 atom stereocenters. The lowest BCUT2D eigenvalue weighted by Gasteiger charge is -2.28. The summed E-state index contributed by atoms with van der Waals surface area (Å²) in [6.45, 7) is 0.776. The van der Waals surface area contributed by atoms with E-state index in [2.05, 4.69) is 11.8 Å². The standard InChI is InChI=1S/C25H19F3N2O2/c1-29(2)11-12-30-23(31)20-8-4-6-18-13-17(15-21(22(18)20)24(30)32)10-9-16-5-3-7-19(14-16)25(26,27)28/h3-8,13-15H,11-12H2,1-2H3. The van der Waals surface area contributed by atoms with Gasteiger partial charge in [0, 0.05) is 40.7 Å². The Morgan fingerprint density at radius 2 is 1.56 bits per heavy atom. The van der Waals surface area contributed by atoms with Crippen molar-refractivity contribution in [2.24, 2.45) is 0 Å². The van der Waals surface area contributed by atoms with E-state index < -0.39 is 17.6 Å². The third-order valence-electron chi connectivity index (χ3n) is 5.24. The second kappa shape index (κ2) is 8.13. The minimum absolute atomic E-state index is 0.219. The second-order valence-corrected chi connectivity index (χ2v) is 7.82. The van der Waals surface area contributed by atoms with Gasteiger partial charge in [-0.05, 0) is 55.9 Å². The van der Waals surface area contributed by atoms with Crippen LogP contribution in [0.2, 0.25) is 0 Å². The van der Waals surface area contributed by atoms with Crippen molar-refractivity contribution >= 4 is 22.6 Å². The maximum atomic E-state index is 13.1. The van der Waals surface area contributed by atoms with Gasteiger partial charge in [-0.25, -0.2) is 0 Å². The van der Waals surface area contributed by atoms with E-state index >= 15 is 0 Å². The van der Waals surface area contributed by atoms with Crippen molar-refractivity contribution in [3.05, 3.63) is 82.4 Å². The molecule has 0 radical (unpaired) electrons. The lowest BCUT2D eigenvalue weighted by molar-refractivity contribution is -0.137. The highest BCUT2D eigenvalue weighted by Gasteiger charge is 2.33. The molecule has 0 aromatic heterocycles. The van der Waals surface area contributed by atoms with Crippen LogP contribution >= 0.6 is 0 Å². The number of benzene rings is 3. The van der Waals surface area contributed by atoms with Crippen LogP contribution in [0.3, 0.4) is 0 Å². The minimum atomic E-state index is -4.45. The molecule has 1 aliphatic rings. The number of carbonyl (C=O) groups is 2. The molecule has 1 aliphatic heterocycles. The van der Waals surface area contributed by atoms with Crippen molar-refractivity contribution in [2.45, 2.75) is 6.18 Å². The molecular formula is C25H19F3N2O2. The van der Waals surface area contributed by atoms with Crippen LogP contribution in [0.4, 0.5) is 13.2 Å². The smallest absolute Gasteiger partial charge is 0.308 e. The Labute approximate surface area is 183 Å². The second-order valence-electron chi connectivity index (χ2n) is 7.82. The highest BCUT2D eigenvalue weighted by atomic mass is 19.4. The monoisotopic (exact) mass is 436 g/mol. The zero-order valence-corrected chi connectivity index (χ0v) is 17.5. The Kier molecular flexibility index (Phi) is 5.49. The molecular weight excluding hydrogens is 417 g/mol. The number of carbonyl (C=O) groups excluding carboxylic acids is 2. The zero-order chi connectivity index (χ0) is 23.0. The fraction of sp³-hybridized carbons (Fsp3) is 0.200. The summed E-state index contributed by atoms with van der Waals surface area (Å²) in [4.78, 5) is 29.1. The number of amides is 2. The van der Waals surface area contributed by atoms with Crippen LogP contribution in [-0.4, -0.2) is 48.8 Å². The minimum Gasteiger partial charge on any atom is -0.308 e. The molecule has 0 unspecified atom stereocenters. The molecule has 3 aromatic rings. The molecule has 0 saturated carbocycles. The van der Waals surface area contributed by atoms with Gasteiger partial charge < -0.3 is 4.90 Å². The highest BCUT2D eigenvalue weighted by molar-refractivity contribution is 6.25. The highest BCUT2D eigenvalue weighted by Crippen LogP contribution is 2.32. The van der Waals surface area contributed by atoms with Crippen LogP contribution in [0.15, 0.2) is 54.6 Å². The van der Waals surface area contributed by atoms with E-state index in [1.54, 1.807) is 30.3 Å². The van der Waals surface area contributed by atoms with Gasteiger partial charge in [-0.2, -0.15) is 13.2 Å². The van der Waals surface area contributed by atoms with Gasteiger partial charge in [-0.15, -0.1) is 0 Å². The average Bonchev–Trinajstić information content (AvgIpc) is 2.75. The van der Waals surface area contributed by atoms with Crippen molar-refractivity contribution in [3.63, 3.8) is 0 Å². The summed E-state index contributed by atoms with van der Waals surface area (Å²) in [6.07, 6.45) is -4.45. The average molecular weight is 436 g/mol. The third kappa shape index (κ3) is 4.10. The molecule has 162 valence electrons. The van der Waals surface area contributed by atoms with Crippen LogP contribution in [0.1, 0.15) is 37.4 Å². The van der Waals surface area contributed by atoms with E-state index in [-0.39, 0.29) is 18.0 Å². The molecule has 4 rings (SSSR count). The molecule has 0 fully saturated rings. The van der Waals surface area contributed by atoms with Gasteiger partial charge in [-0.3, -0.25) is 14.5 Å². The van der Waals surface area contributed by atoms with Crippen molar-refractivity contribution in [1.29, 1.82) is 0 Å². The molecule has 0 saturated heterocycles. The van der Waals surface area contributed by atoms with Crippen LogP contribution in [0, 0.1) is 11.8 Å². The van der Waals surface area contributed by atoms with Crippen molar-refractivity contribution in [2.75, 3.05) is 27.2 Å². The summed E-state index contributed by atoms with van der Waals surface area (Å²) in [5.74, 6) is 4.88. The molecule has 0 spiro atoms. The van der Waals surface area contributed by atoms with Crippen LogP contribution in [0.5, 0.6) is 0 Å². The van der Waals surface area contributed by atoms with E-state index in [1.807, 2.05) is 19.0 Å². The maximum Gasteiger partial charge on any atom is 0.416 e. The van der Waals surface area contributed by atoms with E-state index in [0.717, 1.165) is 12.1 Å². The van der Waals surface area contributed by atoms with Crippen molar-refractivity contribution in [3.8, 4) is 11.8 Å². The van der Waals surface area contributed by atoms with E-state index in [0.29, 0.717) is 34.0 Å². The number of rotatable bonds is 3. The van der Waals surface area contributed by atoms with E-state index in [9.17, 15) is 22.8 Å². The first-order valence-electron chi connectivity index (χ1n) is 9.92. The normalized spacial score (nSPS) is 13.5. The zero-order valence-electron chi connectivity index (χ0n) is 17.5. The van der Waals surface area contributed by atoms with Gasteiger partial charge in [0.2, 0.25) is 0 Å². The Morgan fingerprint density at radius 3 is 2.28 bits per heavy atom. The van der Waals surface area contributed by atoms with Crippen molar-refractivity contribution in [1.82, 2.24) is 9.80 Å². The summed E-state index contributed by atoms with van der Waals surface area (Å²) >= 11 is 0. The Balaban J connectivity index is 1.77. The quantitative estimate of drug-likeness (QED) is 0.451. The molecule has 7 heteroatoms. The largest absolute Gasteiger partial charge is 0.416 e. The number of imide groups is 1. The summed E-state index contributed by atoms with van der Waals surface area (Å²) in [7, 11) is 3.71. The number of hydrogen-bond acceptors (Lipinski definition) is 3. The summed E-state index contributed by atoms with van der Waals surface area (Å²) in [5, 5.41) is 1.26. The molecule has 1 heterocycles. The fourth-order valence-electron chi connectivity index (χ4n) is 3.65. The molecule has 32 heavy (non-hydrogen) atoms. The number of alkyl halides is 3. The SMILES string of the molecule is CN(C)CCN1C(=O)c2cccc3cc(C#Cc4cccc(C(F)(F)F)c4)cc(c23)C1=O. The number of halogens is 3. The maximum absolute atomic E-state index is 13.1. The molecule has 3 aromatic carbocycles. The summed E-state index contributed by atoms with van der Waals surface area (Å²) in [5.41, 5.74) is 0.750. The van der Waals surface area contributed by atoms with E-state index in [4.69, 9.17) is 0 Å². The molecule has 0 N–H and O–H groups in total. The van der Waals surface area contributed by atoms with Gasteiger partial charge in [-0.1, -0.05) is 30.0 Å². The lowest BCUT2D eigenvalue weighted by atomic mass is 9.92. The first kappa shape index (κ1) is 21.6. The summed E-state index contributed by atoms with van der Waals surface area (Å²) < 4.78 is 38.9. The third-order valence-corrected chi connectivity index (χ3v) is 5.24. The number of nitrogens with zero attached hydrogens (tertiary/aromatic N) is 2. The predicted molar refractivity (Wildman–Crippen MR) is 115 cm³/mol. The van der Waals surface area contributed by atoms with Gasteiger partial charge in [0.25, 0.3) is 11.8 Å². The van der Waals surface area contributed by atoms with Gasteiger partial charge >= 0.3 is 6.18 Å². The number of hydrogen-bond donors (Lipinski definition) is 0. The molecule has 0 aliphatic carbocycles. The topological polar surface area (TPSA) is 40.6 Å². The van der Waals surface area contributed by atoms with Crippen molar-refractivity contribution < 1.29 is 22.8 Å². The van der Waals surface area contributed by atoms with Gasteiger partial charge in [0.15, 0.2) is 0 Å². The molecule has 4 nitrogen and oxygen atoms in total. The predicted octanol–water partition coefficient (Wildman–Crippen LogP) is 4.42.